The Morgan fingerprint density at radius 2 is 2.00 bits per heavy atom. The molecule has 1 aliphatic rings. The second-order valence-electron chi connectivity index (χ2n) is 7.34. The largest absolute Gasteiger partial charge is 0.508 e. The number of hydrogen-bond acceptors (Lipinski definition) is 5. The zero-order chi connectivity index (χ0) is 19.6. The van der Waals surface area contributed by atoms with Gasteiger partial charge in [-0.15, -0.1) is 0 Å². The van der Waals surface area contributed by atoms with E-state index < -0.39 is 11.5 Å². The Bertz CT molecular complexity index is 877. The number of amides is 1. The standard InChI is InChI=1S/C21H23NO5/c1-13(2)10-21(26,11-14-5-3-4-6-18(14)23)20(25)22-16-7-8-17-15(9-16)12-27-19(17)24/h3-9,13,23,26H,10-12H2,1-2H3,(H,22,25). The van der Waals surface area contributed by atoms with Gasteiger partial charge in [0.2, 0.25) is 0 Å². The summed E-state index contributed by atoms with van der Waals surface area (Å²) in [6, 6.07) is 11.5. The predicted octanol–water partition coefficient (Wildman–Crippen LogP) is 3.02. The first-order valence-electron chi connectivity index (χ1n) is 8.89. The molecule has 27 heavy (non-hydrogen) atoms. The molecule has 1 unspecified atom stereocenters. The van der Waals surface area contributed by atoms with Crippen LogP contribution in [0.1, 0.15) is 41.8 Å². The maximum atomic E-state index is 12.9. The van der Waals surface area contributed by atoms with Gasteiger partial charge < -0.3 is 20.3 Å². The molecule has 2 aromatic carbocycles. The van der Waals surface area contributed by atoms with Gasteiger partial charge in [0.15, 0.2) is 0 Å². The first-order valence-corrected chi connectivity index (χ1v) is 8.89. The lowest BCUT2D eigenvalue weighted by atomic mass is 9.85. The smallest absolute Gasteiger partial charge is 0.338 e. The molecule has 0 aromatic heterocycles. The van der Waals surface area contributed by atoms with E-state index in [0.29, 0.717) is 22.4 Å². The summed E-state index contributed by atoms with van der Waals surface area (Å²) in [7, 11) is 0. The lowest BCUT2D eigenvalue weighted by molar-refractivity contribution is -0.135. The zero-order valence-corrected chi connectivity index (χ0v) is 15.4. The third kappa shape index (κ3) is 4.11. The summed E-state index contributed by atoms with van der Waals surface area (Å²) in [4.78, 5) is 24.5. The van der Waals surface area contributed by atoms with E-state index in [1.165, 1.54) is 6.07 Å². The van der Waals surface area contributed by atoms with Crippen LogP contribution in [0.5, 0.6) is 5.75 Å². The fourth-order valence-corrected chi connectivity index (χ4v) is 3.35. The van der Waals surface area contributed by atoms with Crippen molar-refractivity contribution in [2.24, 2.45) is 5.92 Å². The van der Waals surface area contributed by atoms with Crippen LogP contribution in [0.15, 0.2) is 42.5 Å². The fraction of sp³-hybridized carbons (Fsp3) is 0.333. The molecule has 0 bridgehead atoms. The van der Waals surface area contributed by atoms with Crippen LogP contribution >= 0.6 is 0 Å². The summed E-state index contributed by atoms with van der Waals surface area (Å²) in [6.45, 7) is 4.01. The van der Waals surface area contributed by atoms with E-state index in [1.807, 2.05) is 13.8 Å². The lowest BCUT2D eigenvalue weighted by Gasteiger charge is -2.29. The summed E-state index contributed by atoms with van der Waals surface area (Å²) in [5, 5.41) is 23.9. The van der Waals surface area contributed by atoms with E-state index in [9.17, 15) is 19.8 Å². The van der Waals surface area contributed by atoms with Crippen molar-refractivity contribution in [3.8, 4) is 5.75 Å². The highest BCUT2D eigenvalue weighted by molar-refractivity contribution is 5.99. The number of carbonyl (C=O) groups excluding carboxylic acids is 2. The summed E-state index contributed by atoms with van der Waals surface area (Å²) in [6.07, 6.45) is 0.232. The summed E-state index contributed by atoms with van der Waals surface area (Å²) in [5.74, 6) is -0.818. The number of hydrogen-bond donors (Lipinski definition) is 3. The van der Waals surface area contributed by atoms with Crippen LogP contribution in [-0.4, -0.2) is 27.7 Å². The maximum Gasteiger partial charge on any atom is 0.338 e. The summed E-state index contributed by atoms with van der Waals surface area (Å²) in [5.41, 5.74) is 0.490. The molecule has 1 amide bonds. The van der Waals surface area contributed by atoms with Gasteiger partial charge in [0.1, 0.15) is 18.0 Å². The number of anilines is 1. The van der Waals surface area contributed by atoms with Gasteiger partial charge in [-0.05, 0) is 42.2 Å². The fourth-order valence-electron chi connectivity index (χ4n) is 3.35. The number of aliphatic hydroxyl groups is 1. The molecule has 3 rings (SSSR count). The Labute approximate surface area is 157 Å². The molecule has 1 atom stereocenters. The highest BCUT2D eigenvalue weighted by atomic mass is 16.5. The third-order valence-corrected chi connectivity index (χ3v) is 4.58. The van der Waals surface area contributed by atoms with E-state index in [4.69, 9.17) is 4.74 Å². The minimum absolute atomic E-state index is 0.00375. The monoisotopic (exact) mass is 369 g/mol. The summed E-state index contributed by atoms with van der Waals surface area (Å²) < 4.78 is 4.97. The number of aromatic hydroxyl groups is 1. The van der Waals surface area contributed by atoms with Crippen molar-refractivity contribution in [3.05, 3.63) is 59.2 Å². The van der Waals surface area contributed by atoms with Crippen molar-refractivity contribution in [2.45, 2.75) is 38.9 Å². The molecular weight excluding hydrogens is 346 g/mol. The molecule has 0 saturated heterocycles. The van der Waals surface area contributed by atoms with Crippen LogP contribution in [0.25, 0.3) is 0 Å². The van der Waals surface area contributed by atoms with Crippen LogP contribution in [0.3, 0.4) is 0 Å². The molecule has 0 aliphatic carbocycles. The minimum Gasteiger partial charge on any atom is -0.508 e. The molecule has 1 aliphatic heterocycles. The SMILES string of the molecule is CC(C)CC(O)(Cc1ccccc1O)C(=O)Nc1ccc2c(c1)COC2=O. The van der Waals surface area contributed by atoms with Crippen molar-refractivity contribution < 1.29 is 24.5 Å². The van der Waals surface area contributed by atoms with Gasteiger partial charge in [0, 0.05) is 17.7 Å². The highest BCUT2D eigenvalue weighted by Crippen LogP contribution is 2.29. The molecule has 3 N–H and O–H groups in total. The van der Waals surface area contributed by atoms with Gasteiger partial charge in [-0.3, -0.25) is 4.79 Å². The van der Waals surface area contributed by atoms with Crippen molar-refractivity contribution in [1.82, 2.24) is 0 Å². The van der Waals surface area contributed by atoms with Gasteiger partial charge in [-0.2, -0.15) is 0 Å². The predicted molar refractivity (Wildman–Crippen MR) is 100 cm³/mol. The number of phenolic OH excluding ortho intramolecular Hbond substituents is 1. The third-order valence-electron chi connectivity index (χ3n) is 4.58. The van der Waals surface area contributed by atoms with E-state index in [0.717, 1.165) is 0 Å². The van der Waals surface area contributed by atoms with Crippen LogP contribution in [0.4, 0.5) is 5.69 Å². The minimum atomic E-state index is -1.68. The molecule has 2 aromatic rings. The van der Waals surface area contributed by atoms with Gasteiger partial charge in [-0.1, -0.05) is 32.0 Å². The van der Waals surface area contributed by atoms with Crippen LogP contribution in [0.2, 0.25) is 0 Å². The molecule has 0 fully saturated rings. The number of nitrogens with one attached hydrogen (secondary N) is 1. The Morgan fingerprint density at radius 1 is 1.26 bits per heavy atom. The van der Waals surface area contributed by atoms with Crippen molar-refractivity contribution in [1.29, 1.82) is 0 Å². The number of rotatable bonds is 6. The van der Waals surface area contributed by atoms with Crippen LogP contribution < -0.4 is 5.32 Å². The van der Waals surface area contributed by atoms with Gasteiger partial charge in [0.25, 0.3) is 5.91 Å². The average molecular weight is 369 g/mol. The molecule has 1 heterocycles. The average Bonchev–Trinajstić information content (AvgIpc) is 2.97. The number of esters is 1. The number of ether oxygens (including phenoxy) is 1. The molecule has 0 radical (unpaired) electrons. The zero-order valence-electron chi connectivity index (χ0n) is 15.4. The van der Waals surface area contributed by atoms with Crippen LogP contribution in [0, 0.1) is 5.92 Å². The highest BCUT2D eigenvalue weighted by Gasteiger charge is 2.37. The molecule has 6 nitrogen and oxygen atoms in total. The number of benzene rings is 2. The van der Waals surface area contributed by atoms with Gasteiger partial charge in [0.05, 0.1) is 5.56 Å². The number of para-hydroxylation sites is 1. The van der Waals surface area contributed by atoms with E-state index >= 15 is 0 Å². The van der Waals surface area contributed by atoms with Crippen molar-refractivity contribution >= 4 is 17.6 Å². The first-order chi connectivity index (χ1) is 12.8. The van der Waals surface area contributed by atoms with E-state index in [2.05, 4.69) is 5.32 Å². The molecule has 142 valence electrons. The lowest BCUT2D eigenvalue weighted by Crippen LogP contribution is -2.46. The Kier molecular flexibility index (Phi) is 5.19. The van der Waals surface area contributed by atoms with E-state index in [1.54, 1.807) is 36.4 Å². The number of cyclic esters (lactones) is 1. The Morgan fingerprint density at radius 3 is 2.70 bits per heavy atom. The number of carbonyl (C=O) groups is 2. The normalized spacial score (nSPS) is 15.2. The molecular formula is C21H23NO5. The van der Waals surface area contributed by atoms with Crippen LogP contribution in [-0.2, 0) is 22.6 Å². The second kappa shape index (κ2) is 7.40. The maximum absolute atomic E-state index is 12.9. The Balaban J connectivity index is 1.83. The first kappa shape index (κ1) is 18.9. The Hall–Kier alpha value is -2.86. The topological polar surface area (TPSA) is 95.9 Å². The van der Waals surface area contributed by atoms with Crippen molar-refractivity contribution in [3.63, 3.8) is 0 Å². The second-order valence-corrected chi connectivity index (χ2v) is 7.34. The number of phenols is 1. The summed E-state index contributed by atoms with van der Waals surface area (Å²) >= 11 is 0. The molecule has 0 saturated carbocycles. The van der Waals surface area contributed by atoms with Crippen molar-refractivity contribution in [2.75, 3.05) is 5.32 Å². The molecule has 6 heteroatoms. The molecule has 0 spiro atoms. The van der Waals surface area contributed by atoms with Gasteiger partial charge >= 0.3 is 5.97 Å². The van der Waals surface area contributed by atoms with E-state index in [-0.39, 0.29) is 37.1 Å². The van der Waals surface area contributed by atoms with Gasteiger partial charge in [-0.25, -0.2) is 4.79 Å². The number of fused-ring (bicyclic) bond motifs is 1. The quantitative estimate of drug-likeness (QED) is 0.680.